The summed E-state index contributed by atoms with van der Waals surface area (Å²) in [6, 6.07) is 9.90. The van der Waals surface area contributed by atoms with E-state index >= 15 is 0 Å². The number of fused-ring (bicyclic) bond motifs is 2. The van der Waals surface area contributed by atoms with Gasteiger partial charge in [-0.25, -0.2) is 0 Å². The van der Waals surface area contributed by atoms with E-state index in [1.165, 1.54) is 57.7 Å². The summed E-state index contributed by atoms with van der Waals surface area (Å²) in [5, 5.41) is 0. The fraction of sp³-hybridized carbons (Fsp3) is 0.667. The third-order valence-electron chi connectivity index (χ3n) is 6.12. The van der Waals surface area contributed by atoms with Gasteiger partial charge in [-0.15, -0.1) is 0 Å². The molecule has 1 aromatic carbocycles. The molecule has 3 fully saturated rings. The number of anilines is 2. The molecule has 22 heavy (non-hydrogen) atoms. The highest BCUT2D eigenvalue weighted by molar-refractivity contribution is 5.53. The van der Waals surface area contributed by atoms with Crippen molar-refractivity contribution in [2.75, 3.05) is 50.4 Å². The van der Waals surface area contributed by atoms with Gasteiger partial charge in [0.25, 0.3) is 0 Å². The van der Waals surface area contributed by atoms with Crippen LogP contribution in [-0.2, 0) is 0 Å². The van der Waals surface area contributed by atoms with Crippen LogP contribution in [0, 0.1) is 5.92 Å². The molecule has 0 aliphatic carbocycles. The molecular weight excluding hydrogens is 272 g/mol. The fourth-order valence-electron chi connectivity index (χ4n) is 4.70. The molecule has 0 saturated carbocycles. The van der Waals surface area contributed by atoms with Crippen molar-refractivity contribution in [3.05, 3.63) is 24.3 Å². The van der Waals surface area contributed by atoms with Crippen molar-refractivity contribution in [3.63, 3.8) is 0 Å². The molecule has 1 aromatic rings. The van der Waals surface area contributed by atoms with E-state index in [9.17, 15) is 0 Å². The summed E-state index contributed by atoms with van der Waals surface area (Å²) < 4.78 is 0. The van der Waals surface area contributed by atoms with Gasteiger partial charge in [-0.3, -0.25) is 4.90 Å². The third-order valence-corrected chi connectivity index (χ3v) is 6.12. The lowest BCUT2D eigenvalue weighted by molar-refractivity contribution is 0.111. The molecule has 4 heteroatoms. The lowest BCUT2D eigenvalue weighted by Gasteiger charge is -2.42. The average Bonchev–Trinajstić information content (AvgIpc) is 3.18. The summed E-state index contributed by atoms with van der Waals surface area (Å²) in [4.78, 5) is 7.87. The van der Waals surface area contributed by atoms with E-state index in [4.69, 9.17) is 5.73 Å². The molecule has 0 amide bonds. The van der Waals surface area contributed by atoms with Crippen LogP contribution in [0.2, 0.25) is 0 Å². The number of rotatable bonds is 3. The molecule has 4 rings (SSSR count). The van der Waals surface area contributed by atoms with E-state index in [2.05, 4.69) is 33.9 Å². The van der Waals surface area contributed by atoms with E-state index < -0.39 is 0 Å². The molecule has 0 radical (unpaired) electrons. The van der Waals surface area contributed by atoms with E-state index in [1.807, 2.05) is 12.1 Å². The van der Waals surface area contributed by atoms with Crippen LogP contribution in [0.4, 0.5) is 11.4 Å². The lowest BCUT2D eigenvalue weighted by atomic mass is 9.94. The Balaban J connectivity index is 1.34. The highest BCUT2D eigenvalue weighted by Crippen LogP contribution is 2.33. The molecule has 2 bridgehead atoms. The monoisotopic (exact) mass is 300 g/mol. The maximum absolute atomic E-state index is 5.79. The van der Waals surface area contributed by atoms with Gasteiger partial charge in [-0.2, -0.15) is 0 Å². The largest absolute Gasteiger partial charge is 0.399 e. The predicted molar refractivity (Wildman–Crippen MR) is 92.2 cm³/mol. The summed E-state index contributed by atoms with van der Waals surface area (Å²) >= 11 is 0. The standard InChI is InChI=1S/C18H28N4/c1-20(18-13-21-9-6-14(18)12-21)16-7-10-22(11-8-16)17-4-2-15(19)3-5-17/h2-5,14,16,18H,6-13,19H2,1H3. The minimum Gasteiger partial charge on any atom is -0.399 e. The van der Waals surface area contributed by atoms with Crippen LogP contribution in [0.5, 0.6) is 0 Å². The van der Waals surface area contributed by atoms with Crippen LogP contribution >= 0.6 is 0 Å². The Kier molecular flexibility index (Phi) is 3.74. The van der Waals surface area contributed by atoms with Crippen LogP contribution in [0.25, 0.3) is 0 Å². The van der Waals surface area contributed by atoms with Crippen LogP contribution in [0.3, 0.4) is 0 Å². The van der Waals surface area contributed by atoms with Gasteiger partial charge in [-0.1, -0.05) is 0 Å². The Bertz CT molecular complexity index is 506. The van der Waals surface area contributed by atoms with Crippen molar-refractivity contribution in [3.8, 4) is 0 Å². The topological polar surface area (TPSA) is 35.7 Å². The summed E-state index contributed by atoms with van der Waals surface area (Å²) in [7, 11) is 2.37. The zero-order valence-corrected chi connectivity index (χ0v) is 13.6. The quantitative estimate of drug-likeness (QED) is 0.865. The van der Waals surface area contributed by atoms with Crippen molar-refractivity contribution in [2.45, 2.75) is 31.3 Å². The number of likely N-dealkylation sites (N-methyl/N-ethyl adjacent to an activating group) is 1. The number of nitrogens with two attached hydrogens (primary N) is 1. The van der Waals surface area contributed by atoms with E-state index in [0.717, 1.165) is 23.7 Å². The lowest BCUT2D eigenvalue weighted by Crippen LogP contribution is -2.50. The molecule has 0 spiro atoms. The van der Waals surface area contributed by atoms with Gasteiger partial charge in [0.2, 0.25) is 0 Å². The van der Waals surface area contributed by atoms with Crippen molar-refractivity contribution < 1.29 is 0 Å². The minimum absolute atomic E-state index is 0.760. The molecule has 3 atom stereocenters. The normalized spacial score (nSPS) is 32.1. The molecule has 3 heterocycles. The summed E-state index contributed by atoms with van der Waals surface area (Å²) in [5.41, 5.74) is 7.96. The molecule has 3 saturated heterocycles. The number of benzene rings is 1. The van der Waals surface area contributed by atoms with Gasteiger partial charge in [0.1, 0.15) is 0 Å². The number of hydrogen-bond donors (Lipinski definition) is 1. The summed E-state index contributed by atoms with van der Waals surface area (Å²) in [6.07, 6.45) is 3.98. The van der Waals surface area contributed by atoms with Crippen molar-refractivity contribution >= 4 is 11.4 Å². The Labute approximate surface area is 133 Å². The second-order valence-electron chi connectivity index (χ2n) is 7.35. The van der Waals surface area contributed by atoms with Gasteiger partial charge in [-0.05, 0) is 63.0 Å². The summed E-state index contributed by atoms with van der Waals surface area (Å²) in [5.74, 6) is 0.931. The Morgan fingerprint density at radius 2 is 1.73 bits per heavy atom. The average molecular weight is 300 g/mol. The van der Waals surface area contributed by atoms with Crippen LogP contribution in [0.15, 0.2) is 24.3 Å². The molecule has 2 N–H and O–H groups in total. The smallest absolute Gasteiger partial charge is 0.0367 e. The predicted octanol–water partition coefficient (Wildman–Crippen LogP) is 1.87. The fourth-order valence-corrected chi connectivity index (χ4v) is 4.70. The second kappa shape index (κ2) is 5.74. The van der Waals surface area contributed by atoms with E-state index in [-0.39, 0.29) is 0 Å². The molecule has 3 aliphatic rings. The maximum Gasteiger partial charge on any atom is 0.0367 e. The van der Waals surface area contributed by atoms with E-state index in [0.29, 0.717) is 0 Å². The van der Waals surface area contributed by atoms with Gasteiger partial charge in [0.15, 0.2) is 0 Å². The zero-order chi connectivity index (χ0) is 15.1. The van der Waals surface area contributed by atoms with Gasteiger partial charge in [0.05, 0.1) is 0 Å². The highest BCUT2D eigenvalue weighted by atomic mass is 15.3. The number of hydrogen-bond acceptors (Lipinski definition) is 4. The van der Waals surface area contributed by atoms with Crippen LogP contribution in [0.1, 0.15) is 19.3 Å². The second-order valence-corrected chi connectivity index (χ2v) is 7.35. The highest BCUT2D eigenvalue weighted by Gasteiger charge is 2.41. The first kappa shape index (κ1) is 14.3. The molecule has 0 aromatic heterocycles. The Hall–Kier alpha value is -1.26. The van der Waals surface area contributed by atoms with Crippen molar-refractivity contribution in [1.82, 2.24) is 9.80 Å². The Morgan fingerprint density at radius 3 is 2.32 bits per heavy atom. The first-order valence-corrected chi connectivity index (χ1v) is 8.75. The van der Waals surface area contributed by atoms with E-state index in [1.54, 1.807) is 0 Å². The molecule has 4 nitrogen and oxygen atoms in total. The van der Waals surface area contributed by atoms with Crippen molar-refractivity contribution in [2.24, 2.45) is 5.92 Å². The van der Waals surface area contributed by atoms with Gasteiger partial charge in [0, 0.05) is 49.6 Å². The maximum atomic E-state index is 5.79. The first-order valence-electron chi connectivity index (χ1n) is 8.75. The number of nitrogens with zero attached hydrogens (tertiary/aromatic N) is 3. The molecule has 3 aliphatic heterocycles. The Morgan fingerprint density at radius 1 is 1.00 bits per heavy atom. The van der Waals surface area contributed by atoms with Gasteiger partial charge >= 0.3 is 0 Å². The zero-order valence-electron chi connectivity index (χ0n) is 13.6. The SMILES string of the molecule is CN(C1CCN(c2ccc(N)cc2)CC1)C1CN2CCC1C2. The van der Waals surface area contributed by atoms with Crippen LogP contribution < -0.4 is 10.6 Å². The summed E-state index contributed by atoms with van der Waals surface area (Å²) in [6.45, 7) is 6.32. The molecule has 3 unspecified atom stereocenters. The third kappa shape index (κ3) is 2.59. The van der Waals surface area contributed by atoms with Gasteiger partial charge < -0.3 is 15.5 Å². The van der Waals surface area contributed by atoms with Crippen LogP contribution in [-0.4, -0.2) is 61.7 Å². The number of piperidine rings is 2. The first-order chi connectivity index (χ1) is 10.7. The van der Waals surface area contributed by atoms with Crippen molar-refractivity contribution in [1.29, 1.82) is 0 Å². The minimum atomic E-state index is 0.760. The molecular formula is C18H28N4. The molecule has 120 valence electrons. The number of nitrogen functional groups attached to an aromatic ring is 1.